The maximum absolute atomic E-state index is 13.8. The Morgan fingerprint density at radius 1 is 0.806 bits per heavy atom. The molecular weight excluding hydrogens is 476 g/mol. The van der Waals surface area contributed by atoms with Gasteiger partial charge in [0.1, 0.15) is 17.2 Å². The summed E-state index contributed by atoms with van der Waals surface area (Å²) in [4.78, 5) is 26.5. The Morgan fingerprint density at radius 2 is 1.42 bits per heavy atom. The van der Waals surface area contributed by atoms with Gasteiger partial charge in [-0.15, -0.1) is 11.3 Å². The molecule has 0 atom stereocenters. The molecule has 4 rings (SSSR count). The van der Waals surface area contributed by atoms with E-state index in [0.717, 1.165) is 32.0 Å². The number of ketones is 1. The van der Waals surface area contributed by atoms with Crippen molar-refractivity contribution in [2.45, 2.75) is 20.8 Å². The Balaban J connectivity index is 1.63. The molecule has 36 heavy (non-hydrogen) atoms. The number of carbonyl (C=O) groups is 2. The van der Waals surface area contributed by atoms with Crippen LogP contribution < -0.4 is 14.2 Å². The molecule has 0 spiro atoms. The van der Waals surface area contributed by atoms with Crippen LogP contribution in [0.4, 0.5) is 0 Å². The molecule has 0 aliphatic heterocycles. The van der Waals surface area contributed by atoms with Crippen molar-refractivity contribution in [2.75, 3.05) is 21.0 Å². The summed E-state index contributed by atoms with van der Waals surface area (Å²) in [6, 6.07) is 20.2. The molecule has 6 nitrogen and oxygen atoms in total. The van der Waals surface area contributed by atoms with Crippen molar-refractivity contribution in [2.24, 2.45) is 5.41 Å². The summed E-state index contributed by atoms with van der Waals surface area (Å²) in [5.41, 5.74) is 1.49. The van der Waals surface area contributed by atoms with Crippen LogP contribution in [0.25, 0.3) is 20.5 Å². The third kappa shape index (κ3) is 5.36. The number of hydrogen-bond donors (Lipinski definition) is 0. The maximum atomic E-state index is 13.8. The first-order valence-electron chi connectivity index (χ1n) is 11.4. The van der Waals surface area contributed by atoms with Gasteiger partial charge < -0.3 is 18.9 Å². The number of hydrogen-bond acceptors (Lipinski definition) is 7. The van der Waals surface area contributed by atoms with Gasteiger partial charge in [-0.1, -0.05) is 0 Å². The topological polar surface area (TPSA) is 71.1 Å². The van der Waals surface area contributed by atoms with Crippen LogP contribution >= 0.6 is 11.3 Å². The summed E-state index contributed by atoms with van der Waals surface area (Å²) < 4.78 is 22.3. The minimum atomic E-state index is -0.603. The molecule has 3 aromatic carbocycles. The summed E-state index contributed by atoms with van der Waals surface area (Å²) >= 11 is 1.55. The third-order valence-corrected chi connectivity index (χ3v) is 6.82. The average molecular weight is 505 g/mol. The van der Waals surface area contributed by atoms with Crippen molar-refractivity contribution in [3.8, 4) is 27.7 Å². The lowest BCUT2D eigenvalue weighted by Gasteiger charge is -2.16. The zero-order valence-corrected chi connectivity index (χ0v) is 21.7. The maximum Gasteiger partial charge on any atom is 0.314 e. The molecule has 0 unspecified atom stereocenters. The Bertz CT molecular complexity index is 1380. The highest BCUT2D eigenvalue weighted by Gasteiger charge is 2.24. The van der Waals surface area contributed by atoms with Crippen molar-refractivity contribution >= 4 is 33.2 Å². The van der Waals surface area contributed by atoms with Gasteiger partial charge in [0.25, 0.3) is 0 Å². The molecule has 1 heterocycles. The first kappa shape index (κ1) is 25.3. The number of benzene rings is 3. The van der Waals surface area contributed by atoms with Crippen LogP contribution in [0.3, 0.4) is 0 Å². The second-order valence-electron chi connectivity index (χ2n) is 9.19. The van der Waals surface area contributed by atoms with Crippen LogP contribution in [0.5, 0.6) is 17.2 Å². The summed E-state index contributed by atoms with van der Waals surface area (Å²) in [5, 5.41) is 0.867. The predicted octanol–water partition coefficient (Wildman–Crippen LogP) is 6.74. The van der Waals surface area contributed by atoms with Crippen LogP contribution in [-0.2, 0) is 9.53 Å². The fraction of sp³-hybridized carbons (Fsp3) is 0.241. The zero-order chi connectivity index (χ0) is 25.9. The van der Waals surface area contributed by atoms with Crippen LogP contribution in [-0.4, -0.2) is 32.8 Å². The van der Waals surface area contributed by atoms with Gasteiger partial charge >= 0.3 is 5.97 Å². The van der Waals surface area contributed by atoms with E-state index in [1.54, 1.807) is 70.6 Å². The summed E-state index contributed by atoms with van der Waals surface area (Å²) in [6.07, 6.45) is 0. The normalized spacial score (nSPS) is 11.2. The minimum absolute atomic E-state index is 0.0945. The smallest absolute Gasteiger partial charge is 0.314 e. The molecule has 0 aliphatic rings. The molecule has 0 saturated heterocycles. The first-order valence-corrected chi connectivity index (χ1v) is 12.2. The largest absolute Gasteiger partial charge is 0.497 e. The monoisotopic (exact) mass is 504 g/mol. The van der Waals surface area contributed by atoms with E-state index >= 15 is 0 Å². The fourth-order valence-corrected chi connectivity index (χ4v) is 4.82. The van der Waals surface area contributed by atoms with E-state index in [9.17, 15) is 9.59 Å². The van der Waals surface area contributed by atoms with Crippen molar-refractivity contribution in [1.29, 1.82) is 0 Å². The number of methoxy groups -OCH3 is 2. The summed E-state index contributed by atoms with van der Waals surface area (Å²) in [7, 11) is 3.25. The molecule has 0 N–H and O–H groups in total. The lowest BCUT2D eigenvalue weighted by atomic mass is 9.97. The van der Waals surface area contributed by atoms with Crippen LogP contribution in [0.2, 0.25) is 0 Å². The number of fused-ring (bicyclic) bond motifs is 1. The molecule has 0 amide bonds. The molecular formula is C29H28O6S. The van der Waals surface area contributed by atoms with Gasteiger partial charge in [0, 0.05) is 26.1 Å². The van der Waals surface area contributed by atoms with Gasteiger partial charge in [-0.3, -0.25) is 9.59 Å². The molecule has 1 aromatic heterocycles. The summed E-state index contributed by atoms with van der Waals surface area (Å²) in [5.74, 6) is 1.55. The van der Waals surface area contributed by atoms with Crippen molar-refractivity contribution in [3.63, 3.8) is 0 Å². The van der Waals surface area contributed by atoms with E-state index in [1.165, 1.54) is 0 Å². The van der Waals surface area contributed by atoms with Crippen molar-refractivity contribution < 1.29 is 28.5 Å². The quantitative estimate of drug-likeness (QED) is 0.150. The highest BCUT2D eigenvalue weighted by molar-refractivity contribution is 7.22. The summed E-state index contributed by atoms with van der Waals surface area (Å²) in [6.45, 7) is 5.14. The highest BCUT2D eigenvalue weighted by Crippen LogP contribution is 2.41. The SMILES string of the molecule is COc1ccc(-c2sc3cc(OC)ccc3c2C(=O)c2ccc(OCOC(=O)C(C)(C)C)cc2)cc1. The van der Waals surface area contributed by atoms with Gasteiger partial charge in [-0.05, 0) is 93.1 Å². The van der Waals surface area contributed by atoms with E-state index in [1.807, 2.05) is 42.5 Å². The van der Waals surface area contributed by atoms with E-state index in [0.29, 0.717) is 16.9 Å². The van der Waals surface area contributed by atoms with E-state index in [2.05, 4.69) is 0 Å². The number of carbonyl (C=O) groups excluding carboxylic acids is 2. The zero-order valence-electron chi connectivity index (χ0n) is 20.9. The standard InChI is InChI=1S/C29H28O6S/c1-29(2,3)28(31)35-17-34-21-12-6-18(7-13-21)26(30)25-23-15-14-22(33-5)16-24(23)36-27(25)19-8-10-20(32-4)11-9-19/h6-16H,17H2,1-5H3. The second-order valence-corrected chi connectivity index (χ2v) is 10.2. The number of ether oxygens (including phenoxy) is 4. The molecule has 0 fully saturated rings. The van der Waals surface area contributed by atoms with Gasteiger partial charge in [0.2, 0.25) is 6.79 Å². The lowest BCUT2D eigenvalue weighted by molar-refractivity contribution is -0.159. The van der Waals surface area contributed by atoms with Crippen molar-refractivity contribution in [3.05, 3.63) is 77.9 Å². The van der Waals surface area contributed by atoms with E-state index in [4.69, 9.17) is 18.9 Å². The lowest BCUT2D eigenvalue weighted by Crippen LogP contribution is -2.24. The minimum Gasteiger partial charge on any atom is -0.497 e. The van der Waals surface area contributed by atoms with Crippen molar-refractivity contribution in [1.82, 2.24) is 0 Å². The molecule has 0 bridgehead atoms. The van der Waals surface area contributed by atoms with Gasteiger partial charge in [-0.25, -0.2) is 0 Å². The number of rotatable bonds is 8. The highest BCUT2D eigenvalue weighted by atomic mass is 32.1. The Hall–Kier alpha value is -3.84. The number of thiophene rings is 1. The predicted molar refractivity (Wildman–Crippen MR) is 141 cm³/mol. The molecule has 7 heteroatoms. The second kappa shape index (κ2) is 10.4. The average Bonchev–Trinajstić information content (AvgIpc) is 3.26. The molecule has 0 radical (unpaired) electrons. The molecule has 0 saturated carbocycles. The van der Waals surface area contributed by atoms with Crippen LogP contribution in [0.15, 0.2) is 66.7 Å². The van der Waals surface area contributed by atoms with Gasteiger partial charge in [0.15, 0.2) is 5.78 Å². The molecule has 186 valence electrons. The number of esters is 1. The molecule has 0 aliphatic carbocycles. The Labute approximate surface area is 214 Å². The fourth-order valence-electron chi connectivity index (χ4n) is 3.59. The van der Waals surface area contributed by atoms with Crippen LogP contribution in [0.1, 0.15) is 36.7 Å². The Morgan fingerprint density at radius 3 is 2.03 bits per heavy atom. The van der Waals surface area contributed by atoms with E-state index < -0.39 is 5.41 Å². The Kier molecular flexibility index (Phi) is 7.31. The first-order chi connectivity index (χ1) is 17.2. The van der Waals surface area contributed by atoms with E-state index in [-0.39, 0.29) is 18.5 Å². The third-order valence-electron chi connectivity index (χ3n) is 5.62. The van der Waals surface area contributed by atoms with Gasteiger partial charge in [-0.2, -0.15) is 0 Å². The van der Waals surface area contributed by atoms with Crippen LogP contribution in [0, 0.1) is 5.41 Å². The van der Waals surface area contributed by atoms with Gasteiger partial charge in [0.05, 0.1) is 19.6 Å². The molecule has 4 aromatic rings.